The molecule has 0 N–H and O–H groups in total. The molecule has 1 rings (SSSR count). The van der Waals surface area contributed by atoms with Crippen molar-refractivity contribution in [3.63, 3.8) is 0 Å². The van der Waals surface area contributed by atoms with Gasteiger partial charge >= 0.3 is 0 Å². The van der Waals surface area contributed by atoms with Gasteiger partial charge in [0.1, 0.15) is 0 Å². The standard InChI is InChI=1S/C8H18N.C2H6O4S/c1-3-9(2)7-5-4-6-8-9;1-2-6-7(3,4)5/h3-8H2,1-2H3;2H2,1H3,(H,3,4,5)/q+1;/p-1. The zero-order chi connectivity index (χ0) is 12.7. The van der Waals surface area contributed by atoms with Crippen molar-refractivity contribution in [2.24, 2.45) is 0 Å². The van der Waals surface area contributed by atoms with Gasteiger partial charge in [0, 0.05) is 0 Å². The number of hydrogen-bond acceptors (Lipinski definition) is 4. The SMILES string of the molecule is CCOS(=O)(=O)[O-].CC[N+]1(C)CCCCC1. The van der Waals surface area contributed by atoms with E-state index in [0.717, 1.165) is 0 Å². The molecule has 5 nitrogen and oxygen atoms in total. The fourth-order valence-corrected chi connectivity index (χ4v) is 2.02. The Balaban J connectivity index is 0.000000293. The maximum Gasteiger partial charge on any atom is 0.217 e. The highest BCUT2D eigenvalue weighted by Gasteiger charge is 2.21. The predicted octanol–water partition coefficient (Wildman–Crippen LogP) is 1.12. The molecular formula is C10H23NO4S. The maximum absolute atomic E-state index is 9.45. The Kier molecular flexibility index (Phi) is 7.14. The summed E-state index contributed by atoms with van der Waals surface area (Å²) in [6.45, 7) is 7.78. The molecule has 0 aromatic heterocycles. The van der Waals surface area contributed by atoms with Gasteiger partial charge in [-0.3, -0.25) is 4.18 Å². The Morgan fingerprint density at radius 3 is 1.88 bits per heavy atom. The molecule has 0 spiro atoms. The molecule has 0 bridgehead atoms. The molecule has 6 heteroatoms. The van der Waals surface area contributed by atoms with E-state index in [1.165, 1.54) is 50.3 Å². The highest BCUT2D eigenvalue weighted by atomic mass is 32.3. The zero-order valence-corrected chi connectivity index (χ0v) is 11.3. The summed E-state index contributed by atoms with van der Waals surface area (Å²) < 4.78 is 33.3. The summed E-state index contributed by atoms with van der Waals surface area (Å²) in [7, 11) is -2.05. The summed E-state index contributed by atoms with van der Waals surface area (Å²) in [4.78, 5) is 0. The van der Waals surface area contributed by atoms with Crippen molar-refractivity contribution in [2.45, 2.75) is 33.1 Å². The van der Waals surface area contributed by atoms with E-state index in [1.54, 1.807) is 0 Å². The van der Waals surface area contributed by atoms with E-state index in [4.69, 9.17) is 0 Å². The van der Waals surface area contributed by atoms with Crippen LogP contribution in [-0.4, -0.2) is 50.7 Å². The topological polar surface area (TPSA) is 66.4 Å². The molecule has 16 heavy (non-hydrogen) atoms. The van der Waals surface area contributed by atoms with Gasteiger partial charge in [0.2, 0.25) is 10.4 Å². The summed E-state index contributed by atoms with van der Waals surface area (Å²) in [5, 5.41) is 0. The van der Waals surface area contributed by atoms with E-state index in [9.17, 15) is 13.0 Å². The molecule has 0 atom stereocenters. The minimum atomic E-state index is -4.42. The fraction of sp³-hybridized carbons (Fsp3) is 1.00. The van der Waals surface area contributed by atoms with Gasteiger partial charge in [0.05, 0.1) is 33.3 Å². The first kappa shape index (κ1) is 15.8. The van der Waals surface area contributed by atoms with Gasteiger partial charge in [-0.15, -0.1) is 0 Å². The van der Waals surface area contributed by atoms with Gasteiger partial charge < -0.3 is 9.04 Å². The van der Waals surface area contributed by atoms with E-state index in [-0.39, 0.29) is 6.61 Å². The molecule has 0 radical (unpaired) electrons. The average molecular weight is 253 g/mol. The first-order chi connectivity index (χ1) is 7.33. The van der Waals surface area contributed by atoms with Crippen molar-refractivity contribution in [1.29, 1.82) is 0 Å². The van der Waals surface area contributed by atoms with E-state index in [2.05, 4.69) is 18.2 Å². The van der Waals surface area contributed by atoms with Crippen LogP contribution in [0.5, 0.6) is 0 Å². The second kappa shape index (κ2) is 7.21. The van der Waals surface area contributed by atoms with Crippen molar-refractivity contribution in [1.82, 2.24) is 0 Å². The van der Waals surface area contributed by atoms with Gasteiger partial charge in [0.15, 0.2) is 0 Å². The van der Waals surface area contributed by atoms with Crippen LogP contribution in [0, 0.1) is 0 Å². The number of piperidine rings is 1. The van der Waals surface area contributed by atoms with Crippen LogP contribution in [0.15, 0.2) is 0 Å². The Bertz CT molecular complexity index is 271. The third kappa shape index (κ3) is 8.04. The van der Waals surface area contributed by atoms with E-state index in [0.29, 0.717) is 0 Å². The predicted molar refractivity (Wildman–Crippen MR) is 61.6 cm³/mol. The number of likely N-dealkylation sites (tertiary alicyclic amines) is 1. The third-order valence-electron chi connectivity index (χ3n) is 2.92. The molecule has 1 aliphatic heterocycles. The molecule has 0 saturated carbocycles. The summed E-state index contributed by atoms with van der Waals surface area (Å²) in [6, 6.07) is 0. The molecule has 0 unspecified atom stereocenters. The summed E-state index contributed by atoms with van der Waals surface area (Å²) in [6.07, 6.45) is 4.36. The lowest BCUT2D eigenvalue weighted by Crippen LogP contribution is -2.47. The van der Waals surface area contributed by atoms with Gasteiger partial charge in [-0.05, 0) is 33.1 Å². The molecule has 0 aliphatic carbocycles. The molecule has 1 aliphatic rings. The Labute approximate surface area is 98.9 Å². The van der Waals surface area contributed by atoms with Gasteiger partial charge in [-0.2, -0.15) is 0 Å². The van der Waals surface area contributed by atoms with Crippen LogP contribution < -0.4 is 0 Å². The van der Waals surface area contributed by atoms with Crippen molar-refractivity contribution in [2.75, 3.05) is 33.3 Å². The number of rotatable bonds is 3. The second-order valence-corrected chi connectivity index (χ2v) is 5.31. The van der Waals surface area contributed by atoms with E-state index in [1.807, 2.05) is 0 Å². The minimum Gasteiger partial charge on any atom is -0.726 e. The molecule has 0 amide bonds. The lowest BCUT2D eigenvalue weighted by atomic mass is 10.1. The fourth-order valence-electron chi connectivity index (χ4n) is 1.74. The molecule has 0 aromatic carbocycles. The largest absolute Gasteiger partial charge is 0.726 e. The molecular weight excluding hydrogens is 230 g/mol. The van der Waals surface area contributed by atoms with Crippen molar-refractivity contribution in [3.05, 3.63) is 0 Å². The zero-order valence-electron chi connectivity index (χ0n) is 10.4. The second-order valence-electron chi connectivity index (χ2n) is 4.26. The lowest BCUT2D eigenvalue weighted by Gasteiger charge is -2.36. The lowest BCUT2D eigenvalue weighted by molar-refractivity contribution is -0.912. The smallest absolute Gasteiger partial charge is 0.217 e. The van der Waals surface area contributed by atoms with Gasteiger partial charge in [0.25, 0.3) is 0 Å². The van der Waals surface area contributed by atoms with Crippen LogP contribution in [0.1, 0.15) is 33.1 Å². The Morgan fingerprint density at radius 1 is 1.19 bits per heavy atom. The van der Waals surface area contributed by atoms with Crippen LogP contribution in [0.3, 0.4) is 0 Å². The quantitative estimate of drug-likeness (QED) is 0.429. The van der Waals surface area contributed by atoms with Gasteiger partial charge in [-0.25, -0.2) is 8.42 Å². The van der Waals surface area contributed by atoms with Crippen molar-refractivity contribution >= 4 is 10.4 Å². The highest BCUT2D eigenvalue weighted by molar-refractivity contribution is 7.80. The van der Waals surface area contributed by atoms with Crippen LogP contribution in [0.2, 0.25) is 0 Å². The first-order valence-electron chi connectivity index (χ1n) is 5.77. The summed E-state index contributed by atoms with van der Waals surface area (Å²) in [5.74, 6) is 0. The first-order valence-corrected chi connectivity index (χ1v) is 7.10. The maximum atomic E-state index is 9.45. The normalized spacial score (nSPS) is 19.8. The average Bonchev–Trinajstić information content (AvgIpc) is 2.18. The molecule has 98 valence electrons. The summed E-state index contributed by atoms with van der Waals surface area (Å²) >= 11 is 0. The van der Waals surface area contributed by atoms with Crippen LogP contribution >= 0.6 is 0 Å². The molecule has 1 fully saturated rings. The van der Waals surface area contributed by atoms with E-state index < -0.39 is 10.4 Å². The minimum absolute atomic E-state index is 0.0914. The van der Waals surface area contributed by atoms with Crippen LogP contribution in [-0.2, 0) is 14.6 Å². The van der Waals surface area contributed by atoms with Crippen molar-refractivity contribution in [3.8, 4) is 0 Å². The summed E-state index contributed by atoms with van der Waals surface area (Å²) in [5.41, 5.74) is 0. The van der Waals surface area contributed by atoms with Gasteiger partial charge in [-0.1, -0.05) is 0 Å². The molecule has 0 aromatic rings. The number of quaternary nitrogens is 1. The van der Waals surface area contributed by atoms with Crippen LogP contribution in [0.4, 0.5) is 0 Å². The Hall–Kier alpha value is -0.170. The van der Waals surface area contributed by atoms with Crippen molar-refractivity contribution < 1.29 is 21.6 Å². The Morgan fingerprint density at radius 2 is 1.69 bits per heavy atom. The van der Waals surface area contributed by atoms with Crippen LogP contribution in [0.25, 0.3) is 0 Å². The highest BCUT2D eigenvalue weighted by Crippen LogP contribution is 2.14. The number of nitrogens with zero attached hydrogens (tertiary/aromatic N) is 1. The van der Waals surface area contributed by atoms with E-state index >= 15 is 0 Å². The molecule has 1 heterocycles. The number of hydrogen-bond donors (Lipinski definition) is 0. The molecule has 1 saturated heterocycles. The monoisotopic (exact) mass is 253 g/mol. The third-order valence-corrected chi connectivity index (χ3v) is 3.45.